The number of hydrogen-bond donors (Lipinski definition) is 2. The summed E-state index contributed by atoms with van der Waals surface area (Å²) in [5.74, 6) is 0.00167. The summed E-state index contributed by atoms with van der Waals surface area (Å²) in [5, 5.41) is 9.46. The van der Waals surface area contributed by atoms with Gasteiger partial charge in [0.25, 0.3) is 5.91 Å². The van der Waals surface area contributed by atoms with Crippen LogP contribution in [0.25, 0.3) is 11.1 Å². The molecule has 0 bridgehead atoms. The van der Waals surface area contributed by atoms with Crippen molar-refractivity contribution in [3.63, 3.8) is 0 Å². The average Bonchev–Trinajstić information content (AvgIpc) is 2.88. The Bertz CT molecular complexity index is 517. The molecule has 0 atom stereocenters. The van der Waals surface area contributed by atoms with Crippen molar-refractivity contribution < 1.29 is 4.79 Å². The second kappa shape index (κ2) is 2.95. The van der Waals surface area contributed by atoms with Crippen molar-refractivity contribution in [3.05, 3.63) is 41.7 Å². The van der Waals surface area contributed by atoms with Crippen molar-refractivity contribution in [1.29, 1.82) is 0 Å². The van der Waals surface area contributed by atoms with Gasteiger partial charge in [0.1, 0.15) is 0 Å². The van der Waals surface area contributed by atoms with Crippen LogP contribution in [0.3, 0.4) is 0 Å². The zero-order chi connectivity index (χ0) is 10.3. The number of aromatic nitrogens is 2. The molecule has 3 rings (SSSR count). The fraction of sp³-hybridized carbons (Fsp3) is 0.0909. The van der Waals surface area contributed by atoms with E-state index in [1.54, 1.807) is 12.4 Å². The highest BCUT2D eigenvalue weighted by Gasteiger charge is 2.22. The molecular weight excluding hydrogens is 190 g/mol. The lowest BCUT2D eigenvalue weighted by Crippen LogP contribution is -2.13. The van der Waals surface area contributed by atoms with E-state index in [2.05, 4.69) is 15.5 Å². The minimum atomic E-state index is 0.00167. The summed E-state index contributed by atoms with van der Waals surface area (Å²) in [6, 6.07) is 5.87. The Morgan fingerprint density at radius 3 is 3.07 bits per heavy atom. The first-order valence-electron chi connectivity index (χ1n) is 4.75. The van der Waals surface area contributed by atoms with E-state index in [0.29, 0.717) is 6.54 Å². The predicted molar refractivity (Wildman–Crippen MR) is 55.2 cm³/mol. The lowest BCUT2D eigenvalue weighted by molar-refractivity contribution is 0.0966. The van der Waals surface area contributed by atoms with Gasteiger partial charge in [0.2, 0.25) is 0 Å². The Hall–Kier alpha value is -2.10. The highest BCUT2D eigenvalue weighted by molar-refractivity contribution is 6.04. The van der Waals surface area contributed by atoms with Crippen LogP contribution in [-0.2, 0) is 6.54 Å². The molecule has 1 aliphatic rings. The van der Waals surface area contributed by atoms with Gasteiger partial charge in [-0.25, -0.2) is 0 Å². The number of aromatic amines is 1. The van der Waals surface area contributed by atoms with Crippen molar-refractivity contribution >= 4 is 5.91 Å². The van der Waals surface area contributed by atoms with Crippen molar-refractivity contribution in [2.24, 2.45) is 0 Å². The number of rotatable bonds is 1. The number of nitrogens with zero attached hydrogens (tertiary/aromatic N) is 1. The van der Waals surface area contributed by atoms with Crippen LogP contribution in [0.15, 0.2) is 30.6 Å². The minimum absolute atomic E-state index is 0.00167. The predicted octanol–water partition coefficient (Wildman–Crippen LogP) is 1.32. The fourth-order valence-electron chi connectivity index (χ4n) is 1.92. The van der Waals surface area contributed by atoms with Gasteiger partial charge in [0.05, 0.1) is 11.8 Å². The summed E-state index contributed by atoms with van der Waals surface area (Å²) < 4.78 is 0. The van der Waals surface area contributed by atoms with Crippen LogP contribution >= 0.6 is 0 Å². The van der Waals surface area contributed by atoms with Gasteiger partial charge in [-0.2, -0.15) is 5.10 Å². The molecule has 1 amide bonds. The summed E-state index contributed by atoms with van der Waals surface area (Å²) in [4.78, 5) is 11.6. The largest absolute Gasteiger partial charge is 0.348 e. The van der Waals surface area contributed by atoms with Gasteiger partial charge in [0.15, 0.2) is 0 Å². The summed E-state index contributed by atoms with van der Waals surface area (Å²) in [6.45, 7) is 0.625. The topological polar surface area (TPSA) is 57.8 Å². The number of benzene rings is 1. The molecule has 0 fully saturated rings. The monoisotopic (exact) mass is 199 g/mol. The number of nitrogens with one attached hydrogen (secondary N) is 2. The Morgan fingerprint density at radius 1 is 1.33 bits per heavy atom. The van der Waals surface area contributed by atoms with Gasteiger partial charge in [-0.05, 0) is 11.1 Å². The zero-order valence-corrected chi connectivity index (χ0v) is 7.95. The number of H-pyrrole nitrogens is 1. The molecule has 0 saturated heterocycles. The maximum atomic E-state index is 11.6. The Kier molecular flexibility index (Phi) is 1.62. The van der Waals surface area contributed by atoms with Gasteiger partial charge in [-0.15, -0.1) is 0 Å². The standard InChI is InChI=1S/C11H9N3O/c15-11-10-7(4-12-11)2-1-3-9(10)8-5-13-14-6-8/h1-3,5-6H,4H2,(H,12,15)(H,13,14). The molecule has 4 nitrogen and oxygen atoms in total. The molecule has 4 heteroatoms. The van der Waals surface area contributed by atoms with Crippen LogP contribution in [0, 0.1) is 0 Å². The Morgan fingerprint density at radius 2 is 2.27 bits per heavy atom. The lowest BCUT2D eigenvalue weighted by Gasteiger charge is -2.02. The summed E-state index contributed by atoms with van der Waals surface area (Å²) in [6.07, 6.45) is 3.52. The van der Waals surface area contributed by atoms with Crippen LogP contribution < -0.4 is 5.32 Å². The highest BCUT2D eigenvalue weighted by atomic mass is 16.1. The summed E-state index contributed by atoms with van der Waals surface area (Å²) in [5.41, 5.74) is 3.72. The number of amides is 1. The first-order valence-corrected chi connectivity index (χ1v) is 4.75. The van der Waals surface area contributed by atoms with E-state index in [-0.39, 0.29) is 5.91 Å². The molecule has 0 unspecified atom stereocenters. The number of carbonyl (C=O) groups excluding carboxylic acids is 1. The number of fused-ring (bicyclic) bond motifs is 1. The summed E-state index contributed by atoms with van der Waals surface area (Å²) in [7, 11) is 0. The third-order valence-electron chi connectivity index (χ3n) is 2.63. The van der Waals surface area contributed by atoms with Gasteiger partial charge < -0.3 is 5.32 Å². The van der Waals surface area contributed by atoms with Crippen LogP contribution in [-0.4, -0.2) is 16.1 Å². The smallest absolute Gasteiger partial charge is 0.252 e. The molecule has 1 aromatic heterocycles. The molecule has 0 spiro atoms. The first-order chi connectivity index (χ1) is 7.36. The fourth-order valence-corrected chi connectivity index (χ4v) is 1.92. The normalized spacial score (nSPS) is 13.7. The van der Waals surface area contributed by atoms with E-state index in [1.807, 2.05) is 18.2 Å². The van der Waals surface area contributed by atoms with E-state index in [0.717, 1.165) is 22.3 Å². The van der Waals surface area contributed by atoms with Crippen LogP contribution in [0.2, 0.25) is 0 Å². The van der Waals surface area contributed by atoms with E-state index < -0.39 is 0 Å². The third-order valence-corrected chi connectivity index (χ3v) is 2.63. The maximum absolute atomic E-state index is 11.6. The first kappa shape index (κ1) is 8.23. The molecule has 2 heterocycles. The molecule has 15 heavy (non-hydrogen) atoms. The number of hydrogen-bond acceptors (Lipinski definition) is 2. The highest BCUT2D eigenvalue weighted by Crippen LogP contribution is 2.28. The number of carbonyl (C=O) groups is 1. The van der Waals surface area contributed by atoms with Gasteiger partial charge >= 0.3 is 0 Å². The van der Waals surface area contributed by atoms with Gasteiger partial charge in [-0.1, -0.05) is 18.2 Å². The molecule has 1 aliphatic heterocycles. The Balaban J connectivity index is 2.26. The second-order valence-electron chi connectivity index (χ2n) is 3.51. The zero-order valence-electron chi connectivity index (χ0n) is 7.95. The molecule has 74 valence electrons. The molecule has 0 aliphatic carbocycles. The van der Waals surface area contributed by atoms with Crippen LogP contribution in [0.4, 0.5) is 0 Å². The second-order valence-corrected chi connectivity index (χ2v) is 3.51. The molecule has 2 N–H and O–H groups in total. The van der Waals surface area contributed by atoms with Crippen molar-refractivity contribution in [2.45, 2.75) is 6.54 Å². The summed E-state index contributed by atoms with van der Waals surface area (Å²) >= 11 is 0. The quantitative estimate of drug-likeness (QED) is 0.727. The van der Waals surface area contributed by atoms with Gasteiger partial charge in [0, 0.05) is 18.3 Å². The van der Waals surface area contributed by atoms with Gasteiger partial charge in [-0.3, -0.25) is 9.89 Å². The van der Waals surface area contributed by atoms with Crippen LogP contribution in [0.1, 0.15) is 15.9 Å². The molecule has 0 radical (unpaired) electrons. The molecule has 0 saturated carbocycles. The third kappa shape index (κ3) is 1.15. The van der Waals surface area contributed by atoms with Crippen molar-refractivity contribution in [3.8, 4) is 11.1 Å². The van der Waals surface area contributed by atoms with Crippen molar-refractivity contribution in [1.82, 2.24) is 15.5 Å². The van der Waals surface area contributed by atoms with Crippen molar-refractivity contribution in [2.75, 3.05) is 0 Å². The average molecular weight is 199 g/mol. The maximum Gasteiger partial charge on any atom is 0.252 e. The van der Waals surface area contributed by atoms with E-state index in [4.69, 9.17) is 0 Å². The van der Waals surface area contributed by atoms with Crippen LogP contribution in [0.5, 0.6) is 0 Å². The Labute approximate surface area is 86.3 Å². The molecule has 2 aromatic rings. The minimum Gasteiger partial charge on any atom is -0.348 e. The van der Waals surface area contributed by atoms with E-state index in [9.17, 15) is 4.79 Å². The van der Waals surface area contributed by atoms with E-state index in [1.165, 1.54) is 0 Å². The lowest BCUT2D eigenvalue weighted by atomic mass is 9.99. The van der Waals surface area contributed by atoms with E-state index >= 15 is 0 Å². The molecular formula is C11H9N3O. The SMILES string of the molecule is O=C1NCc2cccc(-c3cn[nH]c3)c21. The molecule has 1 aromatic carbocycles.